The zero-order valence-corrected chi connectivity index (χ0v) is 16.1. The van der Waals surface area contributed by atoms with Gasteiger partial charge in [-0.3, -0.25) is 9.59 Å². The summed E-state index contributed by atoms with van der Waals surface area (Å²) >= 11 is 0. The largest absolute Gasteiger partial charge is 0.481 e. The number of carboxylic acids is 1. The first-order valence-electron chi connectivity index (χ1n) is 9.24. The van der Waals surface area contributed by atoms with E-state index in [1.165, 1.54) is 0 Å². The number of aliphatic carboxylic acids is 1. The third-order valence-corrected chi connectivity index (χ3v) is 8.86. The Bertz CT molecular complexity index is 514. The summed E-state index contributed by atoms with van der Waals surface area (Å²) < 4.78 is 4.96. The second-order valence-electron chi connectivity index (χ2n) is 9.50. The van der Waals surface area contributed by atoms with Crippen LogP contribution in [0.1, 0.15) is 73.6 Å². The lowest BCUT2D eigenvalue weighted by Gasteiger charge is -2.63. The van der Waals surface area contributed by atoms with Crippen LogP contribution in [0.2, 0.25) is 0 Å². The molecule has 0 spiro atoms. The Labute approximate surface area is 146 Å². The minimum atomic E-state index is -0.629. The summed E-state index contributed by atoms with van der Waals surface area (Å²) in [6, 6.07) is 0. The summed E-state index contributed by atoms with van der Waals surface area (Å²) in [6.45, 7) is 14.7. The van der Waals surface area contributed by atoms with Gasteiger partial charge in [-0.1, -0.05) is 41.5 Å². The summed E-state index contributed by atoms with van der Waals surface area (Å²) in [5.74, 6) is -0.439. The molecule has 0 aromatic carbocycles. The third-order valence-electron chi connectivity index (χ3n) is 8.86. The Morgan fingerprint density at radius 2 is 1.83 bits per heavy atom. The summed E-state index contributed by atoms with van der Waals surface area (Å²) in [4.78, 5) is 22.3. The van der Waals surface area contributed by atoms with Gasteiger partial charge in [0.1, 0.15) is 0 Å². The molecule has 0 aromatic rings. The minimum absolute atomic E-state index is 0.0288. The summed E-state index contributed by atoms with van der Waals surface area (Å²) in [6.07, 6.45) is 4.59. The molecule has 2 aliphatic rings. The van der Waals surface area contributed by atoms with Gasteiger partial charge in [0.2, 0.25) is 0 Å². The molecule has 1 N–H and O–H groups in total. The van der Waals surface area contributed by atoms with Crippen molar-refractivity contribution in [1.82, 2.24) is 0 Å². The topological polar surface area (TPSA) is 63.6 Å². The molecule has 2 rings (SSSR count). The zero-order chi connectivity index (χ0) is 18.4. The van der Waals surface area contributed by atoms with Gasteiger partial charge in [0.05, 0.1) is 12.5 Å². The highest BCUT2D eigenvalue weighted by Gasteiger charge is 2.66. The standard InChI is InChI=1S/C20H34O4/c1-14-18(4,17(2,3)11-12-24-13-21)9-10-20(6)15(16(22)23)7-8-19(14,20)5/h13-15H,7-12H2,1-6H3,(H,22,23)/t14?,15-,18+,19+,20-/m1/s1. The van der Waals surface area contributed by atoms with E-state index in [0.29, 0.717) is 19.0 Å². The first-order chi connectivity index (χ1) is 11.0. The second kappa shape index (κ2) is 6.03. The number of ether oxygens (including phenoxy) is 1. The zero-order valence-electron chi connectivity index (χ0n) is 16.1. The van der Waals surface area contributed by atoms with E-state index >= 15 is 0 Å². The van der Waals surface area contributed by atoms with E-state index in [4.69, 9.17) is 4.74 Å². The van der Waals surface area contributed by atoms with Crippen molar-refractivity contribution in [2.75, 3.05) is 6.61 Å². The fraction of sp³-hybridized carbons (Fsp3) is 0.900. The van der Waals surface area contributed by atoms with Crippen LogP contribution in [0.3, 0.4) is 0 Å². The number of carboxylic acid groups (broad SMARTS) is 1. The highest BCUT2D eigenvalue weighted by atomic mass is 16.5. The maximum absolute atomic E-state index is 11.8. The molecule has 1 unspecified atom stereocenters. The van der Waals surface area contributed by atoms with Gasteiger partial charge in [-0.05, 0) is 59.7 Å². The molecule has 138 valence electrons. The van der Waals surface area contributed by atoms with Crippen molar-refractivity contribution in [3.63, 3.8) is 0 Å². The normalized spacial score (nSPS) is 42.4. The molecule has 4 heteroatoms. The van der Waals surface area contributed by atoms with Gasteiger partial charge in [0.25, 0.3) is 6.47 Å². The first-order valence-corrected chi connectivity index (χ1v) is 9.24. The number of hydrogen-bond donors (Lipinski definition) is 1. The van der Waals surface area contributed by atoms with E-state index in [1.54, 1.807) is 0 Å². The molecule has 0 amide bonds. The van der Waals surface area contributed by atoms with Crippen LogP contribution >= 0.6 is 0 Å². The summed E-state index contributed by atoms with van der Waals surface area (Å²) in [5.41, 5.74) is 0.0287. The van der Waals surface area contributed by atoms with Crippen LogP contribution in [-0.2, 0) is 14.3 Å². The molecular weight excluding hydrogens is 304 g/mol. The van der Waals surface area contributed by atoms with Crippen molar-refractivity contribution >= 4 is 12.4 Å². The molecular formula is C20H34O4. The molecule has 5 atom stereocenters. The highest BCUT2D eigenvalue weighted by molar-refractivity contribution is 5.72. The second-order valence-corrected chi connectivity index (χ2v) is 9.50. The number of fused-ring (bicyclic) bond motifs is 1. The average molecular weight is 338 g/mol. The fourth-order valence-corrected chi connectivity index (χ4v) is 6.02. The predicted molar refractivity (Wildman–Crippen MR) is 93.5 cm³/mol. The monoisotopic (exact) mass is 338 g/mol. The molecule has 0 saturated heterocycles. The molecule has 2 aliphatic carbocycles. The maximum atomic E-state index is 11.8. The lowest BCUT2D eigenvalue weighted by atomic mass is 9.41. The Hall–Kier alpha value is -1.06. The van der Waals surface area contributed by atoms with E-state index < -0.39 is 5.97 Å². The smallest absolute Gasteiger partial charge is 0.307 e. The van der Waals surface area contributed by atoms with Crippen molar-refractivity contribution < 1.29 is 19.4 Å². The molecule has 2 fully saturated rings. The van der Waals surface area contributed by atoms with Gasteiger partial charge in [-0.15, -0.1) is 0 Å². The van der Waals surface area contributed by atoms with Gasteiger partial charge in [0, 0.05) is 0 Å². The van der Waals surface area contributed by atoms with E-state index in [9.17, 15) is 14.7 Å². The number of hydrogen-bond acceptors (Lipinski definition) is 3. The van der Waals surface area contributed by atoms with Crippen molar-refractivity contribution in [3.8, 4) is 0 Å². The van der Waals surface area contributed by atoms with Crippen LogP contribution < -0.4 is 0 Å². The molecule has 0 heterocycles. The van der Waals surface area contributed by atoms with Crippen LogP contribution in [0, 0.1) is 33.5 Å². The molecule has 24 heavy (non-hydrogen) atoms. The Balaban J connectivity index is 2.32. The lowest BCUT2D eigenvalue weighted by Crippen LogP contribution is -2.57. The van der Waals surface area contributed by atoms with Crippen molar-refractivity contribution in [1.29, 1.82) is 0 Å². The van der Waals surface area contributed by atoms with Gasteiger partial charge >= 0.3 is 5.97 Å². The van der Waals surface area contributed by atoms with E-state index in [0.717, 1.165) is 32.1 Å². The molecule has 4 nitrogen and oxygen atoms in total. The lowest BCUT2D eigenvalue weighted by molar-refractivity contribution is -0.167. The van der Waals surface area contributed by atoms with E-state index in [2.05, 4.69) is 41.5 Å². The Morgan fingerprint density at radius 1 is 1.21 bits per heavy atom. The summed E-state index contributed by atoms with van der Waals surface area (Å²) in [7, 11) is 0. The third kappa shape index (κ3) is 2.48. The molecule has 0 aliphatic heterocycles. The van der Waals surface area contributed by atoms with E-state index in [1.807, 2.05) is 0 Å². The minimum Gasteiger partial charge on any atom is -0.481 e. The Kier molecular flexibility index (Phi) is 4.84. The van der Waals surface area contributed by atoms with Crippen molar-refractivity contribution in [3.05, 3.63) is 0 Å². The highest BCUT2D eigenvalue weighted by Crippen LogP contribution is 2.72. The van der Waals surface area contributed by atoms with Gasteiger partial charge < -0.3 is 9.84 Å². The van der Waals surface area contributed by atoms with E-state index in [-0.39, 0.29) is 27.6 Å². The molecule has 0 aromatic heterocycles. The Morgan fingerprint density at radius 3 is 2.38 bits per heavy atom. The fourth-order valence-electron chi connectivity index (χ4n) is 6.02. The number of carbonyl (C=O) groups is 2. The van der Waals surface area contributed by atoms with Crippen LogP contribution in [0.25, 0.3) is 0 Å². The van der Waals surface area contributed by atoms with Crippen molar-refractivity contribution in [2.45, 2.75) is 73.6 Å². The van der Waals surface area contributed by atoms with Crippen LogP contribution in [0.5, 0.6) is 0 Å². The molecule has 0 bridgehead atoms. The maximum Gasteiger partial charge on any atom is 0.307 e. The van der Waals surface area contributed by atoms with Crippen LogP contribution in [-0.4, -0.2) is 24.2 Å². The average Bonchev–Trinajstić information content (AvgIpc) is 2.77. The first kappa shape index (κ1) is 19.3. The van der Waals surface area contributed by atoms with Gasteiger partial charge in [-0.25, -0.2) is 0 Å². The number of rotatable bonds is 6. The van der Waals surface area contributed by atoms with Crippen LogP contribution in [0.4, 0.5) is 0 Å². The SMILES string of the molecule is CC1[C@@](C)(C(C)(C)CCOC=O)CC[C@]2(C)[C@@H](C(=O)O)CC[C@@]12C. The molecule has 2 saturated carbocycles. The summed E-state index contributed by atoms with van der Waals surface area (Å²) in [5, 5.41) is 9.70. The number of carbonyl (C=O) groups excluding carboxylic acids is 1. The van der Waals surface area contributed by atoms with Crippen LogP contribution in [0.15, 0.2) is 0 Å². The van der Waals surface area contributed by atoms with Crippen molar-refractivity contribution in [2.24, 2.45) is 33.5 Å². The quantitative estimate of drug-likeness (QED) is 0.571. The molecule has 0 radical (unpaired) electrons. The predicted octanol–water partition coefficient (Wildman–Crippen LogP) is 4.52. The van der Waals surface area contributed by atoms with Gasteiger partial charge in [0.15, 0.2) is 0 Å². The van der Waals surface area contributed by atoms with Gasteiger partial charge in [-0.2, -0.15) is 0 Å².